The minimum absolute atomic E-state index is 0.0282. The molecule has 4 aromatic rings. The van der Waals surface area contributed by atoms with Crippen molar-refractivity contribution in [1.82, 2.24) is 9.88 Å². The lowest BCUT2D eigenvalue weighted by Crippen LogP contribution is -2.48. The van der Waals surface area contributed by atoms with Crippen LogP contribution in [0.3, 0.4) is 0 Å². The molecule has 0 atom stereocenters. The third-order valence-corrected chi connectivity index (χ3v) is 6.75. The standard InChI is InChI=1S/C29H26ClN3O3/c30-23-2-1-3-24(19-23)32-14-16-33(17-15-32)29(36)22-12-13-31-27(18-22)28(20-4-8-25(34)9-5-20)21-6-10-26(35)11-7-21/h1-13,18-19,28,34-35H,14-17H2. The van der Waals surface area contributed by atoms with E-state index in [0.717, 1.165) is 35.6 Å². The summed E-state index contributed by atoms with van der Waals surface area (Å²) in [7, 11) is 0. The van der Waals surface area contributed by atoms with Gasteiger partial charge in [-0.05, 0) is 65.7 Å². The molecule has 0 unspecified atom stereocenters. The summed E-state index contributed by atoms with van der Waals surface area (Å²) in [4.78, 5) is 22.1. The van der Waals surface area contributed by atoms with Gasteiger partial charge in [0.2, 0.25) is 0 Å². The topological polar surface area (TPSA) is 76.9 Å². The average Bonchev–Trinajstić information content (AvgIpc) is 2.91. The molecule has 5 rings (SSSR count). The van der Waals surface area contributed by atoms with E-state index >= 15 is 0 Å². The number of aromatic nitrogens is 1. The number of pyridine rings is 1. The van der Waals surface area contributed by atoms with Crippen molar-refractivity contribution < 1.29 is 15.0 Å². The molecule has 0 spiro atoms. The number of carbonyl (C=O) groups is 1. The zero-order valence-corrected chi connectivity index (χ0v) is 20.3. The van der Waals surface area contributed by atoms with Crippen LogP contribution in [-0.2, 0) is 0 Å². The van der Waals surface area contributed by atoms with Crippen LogP contribution < -0.4 is 4.90 Å². The first-order valence-electron chi connectivity index (χ1n) is 11.8. The number of aromatic hydroxyl groups is 2. The fourth-order valence-electron chi connectivity index (χ4n) is 4.63. The molecule has 1 saturated heterocycles. The molecule has 6 nitrogen and oxygen atoms in total. The summed E-state index contributed by atoms with van der Waals surface area (Å²) in [5, 5.41) is 20.2. The Balaban J connectivity index is 1.38. The maximum absolute atomic E-state index is 13.4. The second-order valence-electron chi connectivity index (χ2n) is 8.84. The van der Waals surface area contributed by atoms with Crippen LogP contribution in [0.4, 0.5) is 5.69 Å². The molecule has 0 radical (unpaired) electrons. The fraction of sp³-hybridized carbons (Fsp3) is 0.172. The minimum atomic E-state index is -0.265. The van der Waals surface area contributed by atoms with Gasteiger partial charge in [0.1, 0.15) is 11.5 Å². The monoisotopic (exact) mass is 499 g/mol. The van der Waals surface area contributed by atoms with Gasteiger partial charge >= 0.3 is 0 Å². The van der Waals surface area contributed by atoms with Crippen molar-refractivity contribution in [1.29, 1.82) is 0 Å². The summed E-state index contributed by atoms with van der Waals surface area (Å²) in [6.45, 7) is 2.69. The summed E-state index contributed by atoms with van der Waals surface area (Å²) in [6.07, 6.45) is 1.67. The molecule has 0 bridgehead atoms. The highest BCUT2D eigenvalue weighted by atomic mass is 35.5. The number of halogens is 1. The van der Waals surface area contributed by atoms with Crippen molar-refractivity contribution >= 4 is 23.2 Å². The molecule has 3 aromatic carbocycles. The first kappa shape index (κ1) is 23.7. The Morgan fingerprint density at radius 2 is 1.42 bits per heavy atom. The number of phenolic OH excluding ortho intramolecular Hbond substituents is 2. The van der Waals surface area contributed by atoms with Gasteiger partial charge in [-0.3, -0.25) is 9.78 Å². The number of phenols is 2. The molecular weight excluding hydrogens is 474 g/mol. The van der Waals surface area contributed by atoms with E-state index in [1.165, 1.54) is 0 Å². The highest BCUT2D eigenvalue weighted by Gasteiger charge is 2.25. The quantitative estimate of drug-likeness (QED) is 0.390. The molecule has 182 valence electrons. The normalized spacial score (nSPS) is 13.7. The lowest BCUT2D eigenvalue weighted by molar-refractivity contribution is 0.0746. The largest absolute Gasteiger partial charge is 0.508 e. The Morgan fingerprint density at radius 3 is 2.00 bits per heavy atom. The van der Waals surface area contributed by atoms with Crippen LogP contribution in [0.5, 0.6) is 11.5 Å². The van der Waals surface area contributed by atoms with Gasteiger partial charge in [-0.2, -0.15) is 0 Å². The number of nitrogens with zero attached hydrogens (tertiary/aromatic N) is 3. The molecule has 2 heterocycles. The first-order chi connectivity index (χ1) is 17.5. The highest BCUT2D eigenvalue weighted by Crippen LogP contribution is 2.33. The van der Waals surface area contributed by atoms with Gasteiger partial charge in [-0.15, -0.1) is 0 Å². The summed E-state index contributed by atoms with van der Waals surface area (Å²) >= 11 is 6.15. The van der Waals surface area contributed by atoms with E-state index in [4.69, 9.17) is 11.6 Å². The second-order valence-corrected chi connectivity index (χ2v) is 9.28. The number of rotatable bonds is 5. The molecule has 0 saturated carbocycles. The number of carbonyl (C=O) groups excluding carboxylic acids is 1. The van der Waals surface area contributed by atoms with E-state index in [1.54, 1.807) is 36.5 Å². The van der Waals surface area contributed by atoms with Crippen molar-refractivity contribution in [3.63, 3.8) is 0 Å². The molecule has 0 aliphatic carbocycles. The Bertz CT molecular complexity index is 1310. The molecule has 1 aromatic heterocycles. The second kappa shape index (κ2) is 10.3. The van der Waals surface area contributed by atoms with Crippen LogP contribution >= 0.6 is 11.6 Å². The third-order valence-electron chi connectivity index (χ3n) is 6.52. The molecule has 2 N–H and O–H groups in total. The zero-order valence-electron chi connectivity index (χ0n) is 19.6. The number of piperazine rings is 1. The summed E-state index contributed by atoms with van der Waals surface area (Å²) in [5.41, 5.74) is 4.21. The maximum Gasteiger partial charge on any atom is 0.254 e. The van der Waals surface area contributed by atoms with Gasteiger partial charge in [-0.1, -0.05) is 41.9 Å². The SMILES string of the molecule is O=C(c1ccnc(C(c2ccc(O)cc2)c2ccc(O)cc2)c1)N1CCN(c2cccc(Cl)c2)CC1. The predicted molar refractivity (Wildman–Crippen MR) is 141 cm³/mol. The van der Waals surface area contributed by atoms with Gasteiger partial charge < -0.3 is 20.0 Å². The van der Waals surface area contributed by atoms with E-state index in [1.807, 2.05) is 59.5 Å². The van der Waals surface area contributed by atoms with Crippen LogP contribution in [0, 0.1) is 0 Å². The Morgan fingerprint density at radius 1 is 0.806 bits per heavy atom. The summed E-state index contributed by atoms with van der Waals surface area (Å²) in [5.74, 6) is 0.0622. The molecule has 7 heteroatoms. The molecule has 36 heavy (non-hydrogen) atoms. The van der Waals surface area contributed by atoms with Crippen LogP contribution in [0.25, 0.3) is 0 Å². The van der Waals surface area contributed by atoms with Crippen LogP contribution in [0.1, 0.15) is 33.1 Å². The molecule has 1 amide bonds. The van der Waals surface area contributed by atoms with Crippen molar-refractivity contribution in [2.24, 2.45) is 0 Å². The minimum Gasteiger partial charge on any atom is -0.508 e. The van der Waals surface area contributed by atoms with Crippen molar-refractivity contribution in [3.05, 3.63) is 119 Å². The number of hydrogen-bond acceptors (Lipinski definition) is 5. The van der Waals surface area contributed by atoms with E-state index in [0.29, 0.717) is 23.7 Å². The predicted octanol–water partition coefficient (Wildman–Crippen LogP) is 5.29. The van der Waals surface area contributed by atoms with Crippen LogP contribution in [0.2, 0.25) is 5.02 Å². The fourth-order valence-corrected chi connectivity index (χ4v) is 4.81. The van der Waals surface area contributed by atoms with Crippen molar-refractivity contribution in [2.45, 2.75) is 5.92 Å². The van der Waals surface area contributed by atoms with Gasteiger partial charge in [0.05, 0.1) is 11.6 Å². The zero-order chi connectivity index (χ0) is 25.1. The van der Waals surface area contributed by atoms with Gasteiger partial charge in [0.15, 0.2) is 0 Å². The molecular formula is C29H26ClN3O3. The van der Waals surface area contributed by atoms with Crippen LogP contribution in [0.15, 0.2) is 91.1 Å². The van der Waals surface area contributed by atoms with Gasteiger partial charge in [0.25, 0.3) is 5.91 Å². The number of hydrogen-bond donors (Lipinski definition) is 2. The first-order valence-corrected chi connectivity index (χ1v) is 12.2. The average molecular weight is 500 g/mol. The molecule has 1 aliphatic heterocycles. The lowest BCUT2D eigenvalue weighted by atomic mass is 9.87. The molecule has 1 aliphatic rings. The van der Waals surface area contributed by atoms with E-state index in [-0.39, 0.29) is 23.3 Å². The Hall–Kier alpha value is -4.03. The van der Waals surface area contributed by atoms with Crippen LogP contribution in [-0.4, -0.2) is 52.2 Å². The third kappa shape index (κ3) is 5.14. The highest BCUT2D eigenvalue weighted by molar-refractivity contribution is 6.30. The lowest BCUT2D eigenvalue weighted by Gasteiger charge is -2.36. The smallest absolute Gasteiger partial charge is 0.254 e. The molecule has 1 fully saturated rings. The Kier molecular flexibility index (Phi) is 6.78. The number of amides is 1. The van der Waals surface area contributed by atoms with E-state index in [2.05, 4.69) is 9.88 Å². The van der Waals surface area contributed by atoms with Crippen molar-refractivity contribution in [3.8, 4) is 11.5 Å². The Labute approximate surface area is 215 Å². The maximum atomic E-state index is 13.4. The van der Waals surface area contributed by atoms with E-state index in [9.17, 15) is 15.0 Å². The number of anilines is 1. The van der Waals surface area contributed by atoms with Gasteiger partial charge in [0, 0.05) is 48.6 Å². The summed E-state index contributed by atoms with van der Waals surface area (Å²) in [6, 6.07) is 25.3. The van der Waals surface area contributed by atoms with Gasteiger partial charge in [-0.25, -0.2) is 0 Å². The van der Waals surface area contributed by atoms with Crippen molar-refractivity contribution in [2.75, 3.05) is 31.1 Å². The number of benzene rings is 3. The van der Waals surface area contributed by atoms with E-state index < -0.39 is 0 Å². The summed E-state index contributed by atoms with van der Waals surface area (Å²) < 4.78 is 0.